The minimum atomic E-state index is 0.709. The van der Waals surface area contributed by atoms with Crippen LogP contribution in [0.25, 0.3) is 0 Å². The third-order valence-corrected chi connectivity index (χ3v) is 4.49. The fourth-order valence-electron chi connectivity index (χ4n) is 3.30. The Kier molecular flexibility index (Phi) is 6.07. The summed E-state index contributed by atoms with van der Waals surface area (Å²) >= 11 is 0. The smallest absolute Gasteiger partial charge is 0.0113 e. The largest absolute Gasteiger partial charge is 0.314 e. The minimum Gasteiger partial charge on any atom is -0.314 e. The number of nitrogens with one attached hydrogen (secondary N) is 1. The summed E-state index contributed by atoms with van der Waals surface area (Å²) in [4.78, 5) is 7.87. The molecular formula is C15H32N4. The maximum absolute atomic E-state index is 3.43. The molecule has 0 bridgehead atoms. The van der Waals surface area contributed by atoms with E-state index in [1.807, 2.05) is 0 Å². The zero-order valence-corrected chi connectivity index (χ0v) is 13.1. The SMILES string of the molecule is CC(CN1CCNCC1)CN1CCN(C(C)C)CC1. The third kappa shape index (κ3) is 5.03. The van der Waals surface area contributed by atoms with E-state index in [0.29, 0.717) is 6.04 Å². The fraction of sp³-hybridized carbons (Fsp3) is 1.00. The molecule has 4 heteroatoms. The van der Waals surface area contributed by atoms with Crippen molar-refractivity contribution in [1.82, 2.24) is 20.0 Å². The van der Waals surface area contributed by atoms with Crippen molar-refractivity contribution in [3.8, 4) is 0 Å². The highest BCUT2D eigenvalue weighted by molar-refractivity contribution is 4.77. The number of piperazine rings is 2. The second-order valence-corrected chi connectivity index (χ2v) is 6.59. The molecule has 0 aliphatic carbocycles. The molecule has 0 amide bonds. The van der Waals surface area contributed by atoms with Crippen LogP contribution in [-0.2, 0) is 0 Å². The van der Waals surface area contributed by atoms with E-state index in [1.54, 1.807) is 0 Å². The highest BCUT2D eigenvalue weighted by atomic mass is 15.3. The van der Waals surface area contributed by atoms with E-state index >= 15 is 0 Å². The van der Waals surface area contributed by atoms with Crippen LogP contribution in [0.1, 0.15) is 20.8 Å². The molecule has 2 aliphatic heterocycles. The van der Waals surface area contributed by atoms with Crippen LogP contribution in [0.4, 0.5) is 0 Å². The molecular weight excluding hydrogens is 236 g/mol. The normalized spacial score (nSPS) is 25.9. The Morgan fingerprint density at radius 2 is 1.32 bits per heavy atom. The molecule has 2 heterocycles. The van der Waals surface area contributed by atoms with Crippen LogP contribution in [0.15, 0.2) is 0 Å². The first-order chi connectivity index (χ1) is 9.15. The van der Waals surface area contributed by atoms with Gasteiger partial charge in [-0.15, -0.1) is 0 Å². The molecule has 1 unspecified atom stereocenters. The lowest BCUT2D eigenvalue weighted by molar-refractivity contribution is 0.0905. The van der Waals surface area contributed by atoms with Gasteiger partial charge in [0.2, 0.25) is 0 Å². The Bertz CT molecular complexity index is 243. The van der Waals surface area contributed by atoms with Gasteiger partial charge in [-0.25, -0.2) is 0 Å². The van der Waals surface area contributed by atoms with Crippen LogP contribution in [0.2, 0.25) is 0 Å². The maximum Gasteiger partial charge on any atom is 0.0113 e. The predicted molar refractivity (Wildman–Crippen MR) is 81.6 cm³/mol. The predicted octanol–water partition coefficient (Wildman–Crippen LogP) is 0.554. The van der Waals surface area contributed by atoms with Crippen molar-refractivity contribution in [2.45, 2.75) is 26.8 Å². The van der Waals surface area contributed by atoms with E-state index in [9.17, 15) is 0 Å². The summed E-state index contributed by atoms with van der Waals surface area (Å²) in [6, 6.07) is 0.709. The van der Waals surface area contributed by atoms with Gasteiger partial charge in [0.15, 0.2) is 0 Å². The van der Waals surface area contributed by atoms with Gasteiger partial charge in [0.25, 0.3) is 0 Å². The molecule has 2 aliphatic rings. The molecule has 2 fully saturated rings. The summed E-state index contributed by atoms with van der Waals surface area (Å²) in [5.41, 5.74) is 0. The van der Waals surface area contributed by atoms with Crippen molar-refractivity contribution in [1.29, 1.82) is 0 Å². The second kappa shape index (κ2) is 7.58. The quantitative estimate of drug-likeness (QED) is 0.786. The van der Waals surface area contributed by atoms with Gasteiger partial charge in [-0.1, -0.05) is 6.92 Å². The molecule has 0 aromatic rings. The summed E-state index contributed by atoms with van der Waals surface area (Å²) in [7, 11) is 0. The topological polar surface area (TPSA) is 21.8 Å². The summed E-state index contributed by atoms with van der Waals surface area (Å²) in [6.07, 6.45) is 0. The monoisotopic (exact) mass is 268 g/mol. The first kappa shape index (κ1) is 15.2. The van der Waals surface area contributed by atoms with E-state index in [0.717, 1.165) is 5.92 Å². The maximum atomic E-state index is 3.43. The summed E-state index contributed by atoms with van der Waals surface area (Å²) in [5.74, 6) is 0.795. The molecule has 0 aromatic carbocycles. The fourth-order valence-corrected chi connectivity index (χ4v) is 3.30. The molecule has 19 heavy (non-hydrogen) atoms. The molecule has 4 nitrogen and oxygen atoms in total. The van der Waals surface area contributed by atoms with Crippen molar-refractivity contribution < 1.29 is 0 Å². The molecule has 0 spiro atoms. The number of rotatable bonds is 5. The van der Waals surface area contributed by atoms with E-state index in [2.05, 4.69) is 40.8 Å². The second-order valence-electron chi connectivity index (χ2n) is 6.59. The molecule has 0 saturated carbocycles. The lowest BCUT2D eigenvalue weighted by atomic mass is 10.1. The lowest BCUT2D eigenvalue weighted by Gasteiger charge is -2.38. The van der Waals surface area contributed by atoms with Gasteiger partial charge in [-0.2, -0.15) is 0 Å². The average Bonchev–Trinajstić information content (AvgIpc) is 2.40. The molecule has 2 rings (SSSR count). The number of hydrogen-bond acceptors (Lipinski definition) is 4. The highest BCUT2D eigenvalue weighted by Crippen LogP contribution is 2.09. The first-order valence-corrected chi connectivity index (χ1v) is 8.04. The lowest BCUT2D eigenvalue weighted by Crippen LogP contribution is -2.51. The van der Waals surface area contributed by atoms with Crippen LogP contribution in [0.5, 0.6) is 0 Å². The van der Waals surface area contributed by atoms with Crippen LogP contribution in [-0.4, -0.2) is 86.2 Å². The molecule has 112 valence electrons. The van der Waals surface area contributed by atoms with Crippen molar-refractivity contribution in [3.63, 3.8) is 0 Å². The molecule has 2 saturated heterocycles. The standard InChI is InChI=1S/C15H32N4/c1-14(2)19-10-8-18(9-11-19)13-15(3)12-17-6-4-16-5-7-17/h14-16H,4-13H2,1-3H3. The van der Waals surface area contributed by atoms with Crippen molar-refractivity contribution >= 4 is 0 Å². The van der Waals surface area contributed by atoms with Crippen LogP contribution >= 0.6 is 0 Å². The molecule has 1 atom stereocenters. The van der Waals surface area contributed by atoms with Crippen LogP contribution in [0, 0.1) is 5.92 Å². The minimum absolute atomic E-state index is 0.709. The van der Waals surface area contributed by atoms with Gasteiger partial charge in [-0.05, 0) is 19.8 Å². The Balaban J connectivity index is 1.64. The Hall–Kier alpha value is -0.160. The van der Waals surface area contributed by atoms with Crippen molar-refractivity contribution in [3.05, 3.63) is 0 Å². The van der Waals surface area contributed by atoms with Gasteiger partial charge in [0.1, 0.15) is 0 Å². The summed E-state index contributed by atoms with van der Waals surface area (Å²) in [5, 5.41) is 3.43. The van der Waals surface area contributed by atoms with Gasteiger partial charge in [0, 0.05) is 71.5 Å². The Labute approximate surface area is 119 Å². The van der Waals surface area contributed by atoms with Crippen molar-refractivity contribution in [2.75, 3.05) is 65.4 Å². The molecule has 0 aromatic heterocycles. The van der Waals surface area contributed by atoms with Crippen molar-refractivity contribution in [2.24, 2.45) is 5.92 Å². The van der Waals surface area contributed by atoms with Gasteiger partial charge in [-0.3, -0.25) is 4.90 Å². The molecule has 1 N–H and O–H groups in total. The zero-order valence-electron chi connectivity index (χ0n) is 13.1. The van der Waals surface area contributed by atoms with E-state index in [4.69, 9.17) is 0 Å². The van der Waals surface area contributed by atoms with Crippen LogP contribution < -0.4 is 5.32 Å². The van der Waals surface area contributed by atoms with Crippen LogP contribution in [0.3, 0.4) is 0 Å². The zero-order chi connectivity index (χ0) is 13.7. The van der Waals surface area contributed by atoms with Gasteiger partial charge in [0.05, 0.1) is 0 Å². The van der Waals surface area contributed by atoms with Gasteiger partial charge < -0.3 is 15.1 Å². The first-order valence-electron chi connectivity index (χ1n) is 8.04. The van der Waals surface area contributed by atoms with E-state index < -0.39 is 0 Å². The van der Waals surface area contributed by atoms with E-state index in [1.165, 1.54) is 65.4 Å². The summed E-state index contributed by atoms with van der Waals surface area (Å²) in [6.45, 7) is 19.4. The number of hydrogen-bond donors (Lipinski definition) is 1. The summed E-state index contributed by atoms with van der Waals surface area (Å²) < 4.78 is 0. The highest BCUT2D eigenvalue weighted by Gasteiger charge is 2.21. The Morgan fingerprint density at radius 3 is 1.84 bits per heavy atom. The molecule has 0 radical (unpaired) electrons. The van der Waals surface area contributed by atoms with E-state index in [-0.39, 0.29) is 0 Å². The Morgan fingerprint density at radius 1 is 0.789 bits per heavy atom. The average molecular weight is 268 g/mol. The van der Waals surface area contributed by atoms with Gasteiger partial charge >= 0.3 is 0 Å². The third-order valence-electron chi connectivity index (χ3n) is 4.49. The number of nitrogens with zero attached hydrogens (tertiary/aromatic N) is 3.